The van der Waals surface area contributed by atoms with Crippen LogP contribution in [0.2, 0.25) is 0 Å². The predicted molar refractivity (Wildman–Crippen MR) is 88.8 cm³/mol. The molecule has 0 radical (unpaired) electrons. The zero-order valence-corrected chi connectivity index (χ0v) is 13.0. The van der Waals surface area contributed by atoms with Crippen LogP contribution in [-0.4, -0.2) is 13.5 Å². The van der Waals surface area contributed by atoms with E-state index in [-0.39, 0.29) is 10.0 Å². The van der Waals surface area contributed by atoms with E-state index in [9.17, 15) is 8.42 Å². The number of nitrogens with one attached hydrogen (secondary N) is 2. The van der Waals surface area contributed by atoms with Crippen molar-refractivity contribution in [2.75, 3.05) is 10.0 Å². The second kappa shape index (κ2) is 6.11. The molecule has 4 N–H and O–H groups in total. The highest BCUT2D eigenvalue weighted by Gasteiger charge is 2.14. The Morgan fingerprint density at radius 1 is 1.10 bits per heavy atom. The number of sulfonamides is 1. The molecule has 0 fully saturated rings. The van der Waals surface area contributed by atoms with Gasteiger partial charge in [-0.1, -0.05) is 18.2 Å². The molecule has 7 heteroatoms. The fraction of sp³-hybridized carbons (Fsp3) is 0.0714. The van der Waals surface area contributed by atoms with Gasteiger partial charge in [-0.25, -0.2) is 8.42 Å². The van der Waals surface area contributed by atoms with Crippen LogP contribution in [0.3, 0.4) is 0 Å². The minimum atomic E-state index is -3.62. The first kappa shape index (κ1) is 15.3. The third kappa shape index (κ3) is 3.93. The topological polar surface area (TPSA) is 84.2 Å². The second-order valence-corrected chi connectivity index (χ2v) is 6.56. The van der Waals surface area contributed by atoms with Gasteiger partial charge >= 0.3 is 0 Å². The first-order valence-electron chi connectivity index (χ1n) is 6.13. The van der Waals surface area contributed by atoms with Crippen LogP contribution >= 0.6 is 12.2 Å². The molecule has 0 aromatic heterocycles. The van der Waals surface area contributed by atoms with Crippen molar-refractivity contribution < 1.29 is 8.42 Å². The summed E-state index contributed by atoms with van der Waals surface area (Å²) in [6, 6.07) is 13.4. The van der Waals surface area contributed by atoms with E-state index in [4.69, 9.17) is 18.0 Å². The van der Waals surface area contributed by atoms with Crippen molar-refractivity contribution >= 4 is 38.7 Å². The number of hydrogen-bond donors (Lipinski definition) is 3. The molecule has 21 heavy (non-hydrogen) atoms. The molecule has 0 aliphatic carbocycles. The van der Waals surface area contributed by atoms with Crippen LogP contribution in [0, 0.1) is 6.92 Å². The van der Waals surface area contributed by atoms with E-state index in [1.807, 2.05) is 19.1 Å². The van der Waals surface area contributed by atoms with E-state index >= 15 is 0 Å². The number of thiocarbonyl (C=S) groups is 1. The maximum atomic E-state index is 12.3. The molecule has 0 saturated carbocycles. The molecular weight excluding hydrogens is 306 g/mol. The molecule has 0 amide bonds. The van der Waals surface area contributed by atoms with E-state index in [1.54, 1.807) is 24.3 Å². The van der Waals surface area contributed by atoms with Gasteiger partial charge in [0.25, 0.3) is 10.0 Å². The summed E-state index contributed by atoms with van der Waals surface area (Å²) in [4.78, 5) is 0.166. The van der Waals surface area contributed by atoms with Crippen LogP contribution < -0.4 is 15.8 Å². The molecule has 0 aliphatic heterocycles. The Labute approximate surface area is 129 Å². The maximum absolute atomic E-state index is 12.3. The van der Waals surface area contributed by atoms with Crippen molar-refractivity contribution in [2.45, 2.75) is 11.8 Å². The van der Waals surface area contributed by atoms with Gasteiger partial charge in [0.2, 0.25) is 0 Å². The predicted octanol–water partition coefficient (Wildman–Crippen LogP) is 2.45. The lowest BCUT2D eigenvalue weighted by molar-refractivity contribution is 0.601. The first-order valence-corrected chi connectivity index (χ1v) is 8.02. The summed E-state index contributed by atoms with van der Waals surface area (Å²) < 4.78 is 27.2. The van der Waals surface area contributed by atoms with Gasteiger partial charge in [-0.15, -0.1) is 0 Å². The normalized spacial score (nSPS) is 10.9. The van der Waals surface area contributed by atoms with Crippen LogP contribution in [0.15, 0.2) is 53.4 Å². The molecule has 0 unspecified atom stereocenters. The number of hydrogen-bond acceptors (Lipinski definition) is 3. The van der Waals surface area contributed by atoms with Crippen molar-refractivity contribution in [1.82, 2.24) is 0 Å². The highest BCUT2D eigenvalue weighted by atomic mass is 32.2. The molecule has 0 heterocycles. The summed E-state index contributed by atoms with van der Waals surface area (Å²) in [5, 5.41) is 2.86. The highest BCUT2D eigenvalue weighted by Crippen LogP contribution is 2.20. The molecule has 2 aromatic carbocycles. The van der Waals surface area contributed by atoms with Gasteiger partial charge in [0.15, 0.2) is 5.11 Å². The number of benzene rings is 2. The van der Waals surface area contributed by atoms with Crippen molar-refractivity contribution in [3.63, 3.8) is 0 Å². The van der Waals surface area contributed by atoms with Crippen LogP contribution in [0.4, 0.5) is 11.4 Å². The third-order valence-corrected chi connectivity index (χ3v) is 4.31. The summed E-state index contributed by atoms with van der Waals surface area (Å²) >= 11 is 4.72. The van der Waals surface area contributed by atoms with E-state index in [1.165, 1.54) is 12.1 Å². The average molecular weight is 321 g/mol. The lowest BCUT2D eigenvalue weighted by Crippen LogP contribution is -2.19. The maximum Gasteiger partial charge on any atom is 0.261 e. The molecule has 5 nitrogen and oxygen atoms in total. The van der Waals surface area contributed by atoms with Gasteiger partial charge < -0.3 is 11.1 Å². The summed E-state index contributed by atoms with van der Waals surface area (Å²) in [6.07, 6.45) is 0. The monoisotopic (exact) mass is 321 g/mol. The van der Waals surface area contributed by atoms with Gasteiger partial charge in [0.1, 0.15) is 0 Å². The van der Waals surface area contributed by atoms with Crippen molar-refractivity contribution in [2.24, 2.45) is 5.73 Å². The average Bonchev–Trinajstić information content (AvgIpc) is 2.41. The summed E-state index contributed by atoms with van der Waals surface area (Å²) in [5.74, 6) is 0. The van der Waals surface area contributed by atoms with E-state index < -0.39 is 10.0 Å². The Kier molecular flexibility index (Phi) is 4.44. The zero-order chi connectivity index (χ0) is 15.5. The number of anilines is 2. The number of rotatable bonds is 4. The standard InChI is InChI=1S/C14H15N3O2S2/c1-10-4-2-3-5-13(10)17-21(18,19)12-8-6-11(7-9-12)16-14(15)20/h2-9,17H,1H3,(H3,15,16,20). The Morgan fingerprint density at radius 3 is 2.29 bits per heavy atom. The summed E-state index contributed by atoms with van der Waals surface area (Å²) in [6.45, 7) is 1.84. The summed E-state index contributed by atoms with van der Waals surface area (Å²) in [5.41, 5.74) is 7.41. The van der Waals surface area contributed by atoms with Crippen molar-refractivity contribution in [1.29, 1.82) is 0 Å². The van der Waals surface area contributed by atoms with Gasteiger partial charge in [-0.05, 0) is 55.0 Å². The first-order chi connectivity index (χ1) is 9.88. The SMILES string of the molecule is Cc1ccccc1NS(=O)(=O)c1ccc(NC(N)=S)cc1. The molecule has 110 valence electrons. The Balaban J connectivity index is 2.24. The van der Waals surface area contributed by atoms with Gasteiger partial charge in [0.05, 0.1) is 10.6 Å². The quantitative estimate of drug-likeness (QED) is 0.753. The highest BCUT2D eigenvalue weighted by molar-refractivity contribution is 7.92. The Morgan fingerprint density at radius 2 is 1.71 bits per heavy atom. The number of nitrogens with two attached hydrogens (primary N) is 1. The van der Waals surface area contributed by atoms with Crippen molar-refractivity contribution in [3.05, 3.63) is 54.1 Å². The smallest absolute Gasteiger partial charge is 0.261 e. The Hall–Kier alpha value is -2.12. The van der Waals surface area contributed by atoms with Gasteiger partial charge in [0, 0.05) is 5.69 Å². The second-order valence-electron chi connectivity index (χ2n) is 4.43. The van der Waals surface area contributed by atoms with Gasteiger partial charge in [-0.2, -0.15) is 0 Å². The van der Waals surface area contributed by atoms with Gasteiger partial charge in [-0.3, -0.25) is 4.72 Å². The Bertz CT molecular complexity index is 756. The van der Waals surface area contributed by atoms with E-state index in [2.05, 4.69) is 10.0 Å². The largest absolute Gasteiger partial charge is 0.376 e. The van der Waals surface area contributed by atoms with E-state index in [0.29, 0.717) is 11.4 Å². The summed E-state index contributed by atoms with van der Waals surface area (Å²) in [7, 11) is -3.62. The fourth-order valence-electron chi connectivity index (χ4n) is 1.75. The molecule has 0 bridgehead atoms. The molecule has 2 rings (SSSR count). The molecule has 0 saturated heterocycles. The van der Waals surface area contributed by atoms with Crippen LogP contribution in [0.1, 0.15) is 5.56 Å². The van der Waals surface area contributed by atoms with Crippen LogP contribution in [-0.2, 0) is 10.0 Å². The lowest BCUT2D eigenvalue weighted by Gasteiger charge is -2.11. The fourth-order valence-corrected chi connectivity index (χ4v) is 3.00. The van der Waals surface area contributed by atoms with Crippen molar-refractivity contribution in [3.8, 4) is 0 Å². The van der Waals surface area contributed by atoms with Crippen LogP contribution in [0.25, 0.3) is 0 Å². The number of para-hydroxylation sites is 1. The zero-order valence-electron chi connectivity index (χ0n) is 11.3. The molecule has 0 atom stereocenters. The molecule has 0 aliphatic rings. The minimum absolute atomic E-state index is 0.128. The number of aryl methyl sites for hydroxylation is 1. The lowest BCUT2D eigenvalue weighted by atomic mass is 10.2. The minimum Gasteiger partial charge on any atom is -0.376 e. The molecule has 0 spiro atoms. The van der Waals surface area contributed by atoms with E-state index in [0.717, 1.165) is 5.56 Å². The third-order valence-electron chi connectivity index (χ3n) is 2.82. The van der Waals surface area contributed by atoms with Crippen LogP contribution in [0.5, 0.6) is 0 Å². The molecular formula is C14H15N3O2S2. The molecule has 2 aromatic rings.